The van der Waals surface area contributed by atoms with Crippen LogP contribution in [-0.4, -0.2) is 42.8 Å². The fraction of sp³-hybridized carbons (Fsp3) is 1.00. The monoisotopic (exact) mass is 226 g/mol. The molecule has 0 aromatic heterocycles. The lowest BCUT2D eigenvalue weighted by Gasteiger charge is -2.37. The van der Waals surface area contributed by atoms with Gasteiger partial charge < -0.3 is 15.4 Å². The zero-order chi connectivity index (χ0) is 11.6. The Balaban J connectivity index is 1.72. The molecule has 3 heteroatoms. The van der Waals surface area contributed by atoms with Crippen LogP contribution in [0.15, 0.2) is 0 Å². The van der Waals surface area contributed by atoms with Crippen LogP contribution in [0.1, 0.15) is 39.5 Å². The Bertz CT molecular complexity index is 218. The number of nitrogens with two attached hydrogens (primary N) is 1. The van der Waals surface area contributed by atoms with Gasteiger partial charge in [0.15, 0.2) is 0 Å². The molecule has 1 atom stereocenters. The second-order valence-corrected chi connectivity index (χ2v) is 5.71. The quantitative estimate of drug-likeness (QED) is 0.774. The van der Waals surface area contributed by atoms with E-state index in [0.29, 0.717) is 6.10 Å². The molecule has 1 unspecified atom stereocenters. The molecule has 2 fully saturated rings. The SMILES string of the molecule is CCOC1CCN(CC(C)(N)C2CC2)CC1. The van der Waals surface area contributed by atoms with E-state index in [1.807, 2.05) is 0 Å². The summed E-state index contributed by atoms with van der Waals surface area (Å²) in [6.07, 6.45) is 5.51. The molecule has 0 radical (unpaired) electrons. The summed E-state index contributed by atoms with van der Waals surface area (Å²) >= 11 is 0. The van der Waals surface area contributed by atoms with Crippen molar-refractivity contribution in [2.24, 2.45) is 11.7 Å². The van der Waals surface area contributed by atoms with Gasteiger partial charge in [-0.25, -0.2) is 0 Å². The van der Waals surface area contributed by atoms with Crippen molar-refractivity contribution in [2.75, 3.05) is 26.2 Å². The minimum atomic E-state index is 0.0401. The third-order valence-electron chi connectivity index (χ3n) is 4.01. The van der Waals surface area contributed by atoms with E-state index in [2.05, 4.69) is 18.7 Å². The van der Waals surface area contributed by atoms with Crippen molar-refractivity contribution < 1.29 is 4.74 Å². The van der Waals surface area contributed by atoms with Crippen molar-refractivity contribution in [3.8, 4) is 0 Å². The molecule has 1 saturated heterocycles. The molecule has 16 heavy (non-hydrogen) atoms. The second-order valence-electron chi connectivity index (χ2n) is 5.71. The number of rotatable bonds is 5. The number of hydrogen-bond acceptors (Lipinski definition) is 3. The molecule has 1 aliphatic heterocycles. The van der Waals surface area contributed by atoms with Crippen LogP contribution in [-0.2, 0) is 4.74 Å². The average molecular weight is 226 g/mol. The molecular formula is C13H26N2O. The first kappa shape index (κ1) is 12.3. The zero-order valence-corrected chi connectivity index (χ0v) is 10.7. The summed E-state index contributed by atoms with van der Waals surface area (Å²) < 4.78 is 5.66. The molecule has 94 valence electrons. The Labute approximate surface area is 99.3 Å². The third-order valence-corrected chi connectivity index (χ3v) is 4.01. The largest absolute Gasteiger partial charge is 0.378 e. The Morgan fingerprint density at radius 3 is 2.38 bits per heavy atom. The zero-order valence-electron chi connectivity index (χ0n) is 10.7. The van der Waals surface area contributed by atoms with Crippen LogP contribution in [0, 0.1) is 5.92 Å². The first-order chi connectivity index (χ1) is 7.62. The molecule has 1 heterocycles. The molecule has 0 amide bonds. The standard InChI is InChI=1S/C13H26N2O/c1-3-16-12-6-8-15(9-7-12)10-13(2,14)11-4-5-11/h11-12H,3-10,14H2,1-2H3. The Morgan fingerprint density at radius 2 is 1.88 bits per heavy atom. The molecule has 1 saturated carbocycles. The van der Waals surface area contributed by atoms with Gasteiger partial charge in [0.05, 0.1) is 6.10 Å². The molecule has 2 rings (SSSR count). The molecular weight excluding hydrogens is 200 g/mol. The van der Waals surface area contributed by atoms with E-state index in [0.717, 1.165) is 32.2 Å². The van der Waals surface area contributed by atoms with Crippen LogP contribution in [0.25, 0.3) is 0 Å². The Kier molecular flexibility index (Phi) is 3.88. The van der Waals surface area contributed by atoms with Gasteiger partial charge in [-0.05, 0) is 45.4 Å². The third kappa shape index (κ3) is 3.19. The van der Waals surface area contributed by atoms with Crippen LogP contribution in [0.5, 0.6) is 0 Å². The smallest absolute Gasteiger partial charge is 0.0599 e. The van der Waals surface area contributed by atoms with Crippen molar-refractivity contribution in [1.82, 2.24) is 4.90 Å². The minimum absolute atomic E-state index is 0.0401. The lowest BCUT2D eigenvalue weighted by Crippen LogP contribution is -2.52. The van der Waals surface area contributed by atoms with Gasteiger partial charge in [-0.3, -0.25) is 0 Å². The van der Waals surface area contributed by atoms with Crippen molar-refractivity contribution in [1.29, 1.82) is 0 Å². The van der Waals surface area contributed by atoms with E-state index >= 15 is 0 Å². The van der Waals surface area contributed by atoms with Gasteiger partial charge in [-0.2, -0.15) is 0 Å². The van der Waals surface area contributed by atoms with Crippen LogP contribution < -0.4 is 5.73 Å². The van der Waals surface area contributed by atoms with E-state index in [4.69, 9.17) is 10.5 Å². The predicted molar refractivity (Wildman–Crippen MR) is 66.4 cm³/mol. The maximum Gasteiger partial charge on any atom is 0.0599 e. The highest BCUT2D eigenvalue weighted by atomic mass is 16.5. The Hall–Kier alpha value is -0.120. The topological polar surface area (TPSA) is 38.5 Å². The number of nitrogens with zero attached hydrogens (tertiary/aromatic N) is 1. The number of likely N-dealkylation sites (tertiary alicyclic amines) is 1. The fourth-order valence-electron chi connectivity index (χ4n) is 2.82. The molecule has 0 aromatic rings. The van der Waals surface area contributed by atoms with Crippen LogP contribution >= 0.6 is 0 Å². The highest BCUT2D eigenvalue weighted by Gasteiger charge is 2.39. The van der Waals surface area contributed by atoms with Crippen LogP contribution in [0.2, 0.25) is 0 Å². The van der Waals surface area contributed by atoms with Crippen molar-refractivity contribution in [3.05, 3.63) is 0 Å². The predicted octanol–water partition coefficient (Wildman–Crippen LogP) is 1.61. The molecule has 0 bridgehead atoms. The molecule has 1 aliphatic carbocycles. The molecule has 2 aliphatic rings. The molecule has 0 aromatic carbocycles. The first-order valence-corrected chi connectivity index (χ1v) is 6.74. The lowest BCUT2D eigenvalue weighted by atomic mass is 9.95. The first-order valence-electron chi connectivity index (χ1n) is 6.74. The van der Waals surface area contributed by atoms with E-state index in [9.17, 15) is 0 Å². The minimum Gasteiger partial charge on any atom is -0.378 e. The lowest BCUT2D eigenvalue weighted by molar-refractivity contribution is 0.00936. The van der Waals surface area contributed by atoms with E-state index < -0.39 is 0 Å². The van der Waals surface area contributed by atoms with Gasteiger partial charge in [0.1, 0.15) is 0 Å². The van der Waals surface area contributed by atoms with Gasteiger partial charge in [0.25, 0.3) is 0 Å². The molecule has 0 spiro atoms. The van der Waals surface area contributed by atoms with E-state index in [1.165, 1.54) is 25.7 Å². The van der Waals surface area contributed by atoms with Crippen molar-refractivity contribution in [3.63, 3.8) is 0 Å². The maximum absolute atomic E-state index is 6.37. The van der Waals surface area contributed by atoms with Crippen LogP contribution in [0.3, 0.4) is 0 Å². The summed E-state index contributed by atoms with van der Waals surface area (Å²) in [5, 5.41) is 0. The summed E-state index contributed by atoms with van der Waals surface area (Å²) in [5.74, 6) is 0.775. The second kappa shape index (κ2) is 5.03. The van der Waals surface area contributed by atoms with Crippen molar-refractivity contribution >= 4 is 0 Å². The molecule has 3 nitrogen and oxygen atoms in total. The molecule has 2 N–H and O–H groups in total. The van der Waals surface area contributed by atoms with E-state index in [1.54, 1.807) is 0 Å². The summed E-state index contributed by atoms with van der Waals surface area (Å²) in [4.78, 5) is 2.52. The van der Waals surface area contributed by atoms with Crippen molar-refractivity contribution in [2.45, 2.75) is 51.2 Å². The van der Waals surface area contributed by atoms with Gasteiger partial charge >= 0.3 is 0 Å². The summed E-state index contributed by atoms with van der Waals surface area (Å²) in [6, 6.07) is 0. The maximum atomic E-state index is 6.37. The van der Waals surface area contributed by atoms with Crippen LogP contribution in [0.4, 0.5) is 0 Å². The number of hydrogen-bond donors (Lipinski definition) is 1. The van der Waals surface area contributed by atoms with E-state index in [-0.39, 0.29) is 5.54 Å². The number of piperidine rings is 1. The van der Waals surface area contributed by atoms with Gasteiger partial charge in [0, 0.05) is 31.8 Å². The average Bonchev–Trinajstić information content (AvgIpc) is 3.04. The summed E-state index contributed by atoms with van der Waals surface area (Å²) in [6.45, 7) is 8.53. The fourth-order valence-corrected chi connectivity index (χ4v) is 2.82. The highest BCUT2D eigenvalue weighted by Crippen LogP contribution is 2.38. The summed E-state index contributed by atoms with van der Waals surface area (Å²) in [5.41, 5.74) is 6.41. The normalized spacial score (nSPS) is 27.9. The number of ether oxygens (including phenoxy) is 1. The Morgan fingerprint density at radius 1 is 1.25 bits per heavy atom. The van der Waals surface area contributed by atoms with Gasteiger partial charge in [-0.1, -0.05) is 0 Å². The van der Waals surface area contributed by atoms with Gasteiger partial charge in [0.2, 0.25) is 0 Å². The van der Waals surface area contributed by atoms with Gasteiger partial charge in [-0.15, -0.1) is 0 Å². The summed E-state index contributed by atoms with van der Waals surface area (Å²) in [7, 11) is 0. The highest BCUT2D eigenvalue weighted by molar-refractivity contribution is 4.97.